The Balaban J connectivity index is 1.57. The number of aromatic hydroxyl groups is 1. The van der Waals surface area contributed by atoms with Crippen molar-refractivity contribution >= 4 is 28.6 Å². The average Bonchev–Trinajstić information content (AvgIpc) is 3.31. The van der Waals surface area contributed by atoms with Gasteiger partial charge in [0.1, 0.15) is 5.75 Å². The van der Waals surface area contributed by atoms with Crippen LogP contribution in [-0.4, -0.2) is 39.6 Å². The normalized spacial score (nSPS) is 27.8. The van der Waals surface area contributed by atoms with Crippen LogP contribution in [0.2, 0.25) is 0 Å². The quantitative estimate of drug-likeness (QED) is 0.227. The lowest BCUT2D eigenvalue weighted by molar-refractivity contribution is -0.137. The summed E-state index contributed by atoms with van der Waals surface area (Å²) in [5.74, 6) is 0.156. The van der Waals surface area contributed by atoms with Crippen molar-refractivity contribution in [2.45, 2.75) is 69.7 Å². The van der Waals surface area contributed by atoms with Gasteiger partial charge in [-0.1, -0.05) is 37.3 Å². The van der Waals surface area contributed by atoms with E-state index in [9.17, 15) is 15.0 Å². The number of carboxylic acids is 1. The maximum absolute atomic E-state index is 10.7. The highest BCUT2D eigenvalue weighted by Gasteiger charge is 2.46. The maximum atomic E-state index is 10.7. The van der Waals surface area contributed by atoms with Crippen molar-refractivity contribution < 1.29 is 24.9 Å². The van der Waals surface area contributed by atoms with E-state index in [1.807, 2.05) is 25.1 Å². The molecule has 30 heavy (non-hydrogen) atoms. The van der Waals surface area contributed by atoms with Gasteiger partial charge < -0.3 is 20.1 Å². The molecule has 0 amide bonds. The van der Waals surface area contributed by atoms with Gasteiger partial charge in [0, 0.05) is 18.3 Å². The van der Waals surface area contributed by atoms with Crippen molar-refractivity contribution in [3.63, 3.8) is 0 Å². The Morgan fingerprint density at radius 1 is 1.30 bits per heavy atom. The van der Waals surface area contributed by atoms with E-state index in [1.54, 1.807) is 6.07 Å². The number of allylic oxidation sites excluding steroid dienone is 2. The molecular formula is C24H31IO5. The molecule has 0 saturated carbocycles. The summed E-state index contributed by atoms with van der Waals surface area (Å²) < 4.78 is 6.92. The molecule has 0 spiro atoms. The molecule has 164 valence electrons. The minimum Gasteiger partial charge on any atom is -0.507 e. The van der Waals surface area contributed by atoms with E-state index >= 15 is 0 Å². The number of carbonyl (C=O) groups is 1. The Kier molecular flexibility index (Phi) is 8.36. The number of rotatable bonds is 10. The number of carboxylic acid groups (broad SMARTS) is 1. The Labute approximate surface area is 192 Å². The molecule has 2 aliphatic rings. The van der Waals surface area contributed by atoms with Crippen LogP contribution in [0.15, 0.2) is 42.5 Å². The predicted molar refractivity (Wildman–Crippen MR) is 125 cm³/mol. The molecule has 2 fully saturated rings. The smallest absolute Gasteiger partial charge is 0.303 e. The van der Waals surface area contributed by atoms with Gasteiger partial charge in [0.05, 0.1) is 21.9 Å². The summed E-state index contributed by atoms with van der Waals surface area (Å²) in [5.41, 5.74) is 0.999. The van der Waals surface area contributed by atoms with E-state index < -0.39 is 12.1 Å². The van der Waals surface area contributed by atoms with Crippen LogP contribution in [0.1, 0.15) is 56.9 Å². The number of aliphatic carboxylic acids is 1. The lowest BCUT2D eigenvalue weighted by atomic mass is 9.77. The van der Waals surface area contributed by atoms with Gasteiger partial charge in [0.15, 0.2) is 0 Å². The molecule has 5 nitrogen and oxygen atoms in total. The molecule has 0 aliphatic carbocycles. The summed E-state index contributed by atoms with van der Waals surface area (Å²) in [5, 5.41) is 29.1. The van der Waals surface area contributed by atoms with Gasteiger partial charge in [-0.3, -0.25) is 4.79 Å². The summed E-state index contributed by atoms with van der Waals surface area (Å²) in [4.78, 5) is 10.6. The first-order valence-corrected chi connectivity index (χ1v) is 11.8. The van der Waals surface area contributed by atoms with Crippen molar-refractivity contribution in [1.82, 2.24) is 0 Å². The van der Waals surface area contributed by atoms with Crippen LogP contribution >= 0.6 is 22.6 Å². The van der Waals surface area contributed by atoms with Crippen molar-refractivity contribution in [1.29, 1.82) is 0 Å². The van der Waals surface area contributed by atoms with Crippen LogP contribution in [0, 0.1) is 15.4 Å². The van der Waals surface area contributed by atoms with Crippen molar-refractivity contribution in [2.75, 3.05) is 0 Å². The zero-order valence-electron chi connectivity index (χ0n) is 17.3. The third-order valence-corrected chi connectivity index (χ3v) is 7.23. The van der Waals surface area contributed by atoms with E-state index in [0.717, 1.165) is 34.8 Å². The van der Waals surface area contributed by atoms with E-state index in [0.29, 0.717) is 18.3 Å². The number of hydrogen-bond acceptors (Lipinski definition) is 4. The first-order valence-electron chi connectivity index (χ1n) is 10.7. The summed E-state index contributed by atoms with van der Waals surface area (Å²) >= 11 is 2.10. The monoisotopic (exact) mass is 526 g/mol. The number of benzene rings is 1. The molecule has 2 saturated heterocycles. The van der Waals surface area contributed by atoms with E-state index in [4.69, 9.17) is 9.84 Å². The first-order chi connectivity index (χ1) is 14.4. The lowest BCUT2D eigenvalue weighted by Crippen LogP contribution is -2.26. The third kappa shape index (κ3) is 5.86. The molecule has 6 heteroatoms. The molecule has 2 heterocycles. The zero-order chi connectivity index (χ0) is 21.7. The number of halogens is 1. The Hall–Kier alpha value is -1.38. The molecule has 3 N–H and O–H groups in total. The third-order valence-electron chi connectivity index (χ3n) is 6.36. The molecule has 0 radical (unpaired) electrons. The zero-order valence-corrected chi connectivity index (χ0v) is 19.4. The predicted octanol–water partition coefficient (Wildman–Crippen LogP) is 5.01. The van der Waals surface area contributed by atoms with Crippen molar-refractivity contribution in [3.05, 3.63) is 51.6 Å². The summed E-state index contributed by atoms with van der Waals surface area (Å²) in [6.07, 6.45) is 13.0. The maximum Gasteiger partial charge on any atom is 0.303 e. The Bertz CT molecular complexity index is 790. The first kappa shape index (κ1) is 23.3. The highest BCUT2D eigenvalue weighted by atomic mass is 127. The highest BCUT2D eigenvalue weighted by molar-refractivity contribution is 14.1. The van der Waals surface area contributed by atoms with Crippen LogP contribution in [0.4, 0.5) is 0 Å². The molecule has 1 aromatic rings. The molecule has 0 aromatic heterocycles. The number of unbranched alkanes of at least 4 members (excludes halogenated alkanes) is 1. The molecule has 6 atom stereocenters. The molecule has 2 aliphatic heterocycles. The number of phenols is 1. The van der Waals surface area contributed by atoms with Gasteiger partial charge >= 0.3 is 5.97 Å². The van der Waals surface area contributed by atoms with Gasteiger partial charge in [-0.05, 0) is 78.3 Å². The summed E-state index contributed by atoms with van der Waals surface area (Å²) in [6, 6.07) is 5.45. The summed E-state index contributed by atoms with van der Waals surface area (Å²) in [6.45, 7) is 1.99. The van der Waals surface area contributed by atoms with Gasteiger partial charge in [-0.2, -0.15) is 0 Å². The van der Waals surface area contributed by atoms with Crippen LogP contribution in [0.5, 0.6) is 5.75 Å². The lowest BCUT2D eigenvalue weighted by Gasteiger charge is -2.25. The minimum absolute atomic E-state index is 0.0672. The van der Waals surface area contributed by atoms with Crippen molar-refractivity contribution in [2.24, 2.45) is 11.8 Å². The fraction of sp³-hybridized carbons (Fsp3) is 0.542. The molecular weight excluding hydrogens is 495 g/mol. The van der Waals surface area contributed by atoms with E-state index in [-0.39, 0.29) is 30.3 Å². The molecule has 2 bridgehead atoms. The van der Waals surface area contributed by atoms with Crippen molar-refractivity contribution in [3.8, 4) is 5.75 Å². The van der Waals surface area contributed by atoms with Crippen LogP contribution in [-0.2, 0) is 9.53 Å². The molecule has 0 unspecified atom stereocenters. The number of fused-ring (bicyclic) bond motifs is 2. The van der Waals surface area contributed by atoms with Gasteiger partial charge in [0.2, 0.25) is 0 Å². The second kappa shape index (κ2) is 10.8. The van der Waals surface area contributed by atoms with E-state index in [1.165, 1.54) is 0 Å². The number of hydrogen-bond donors (Lipinski definition) is 3. The highest BCUT2D eigenvalue weighted by Crippen LogP contribution is 2.46. The van der Waals surface area contributed by atoms with Crippen LogP contribution in [0.3, 0.4) is 0 Å². The fourth-order valence-corrected chi connectivity index (χ4v) is 5.08. The number of aliphatic hydroxyl groups excluding tert-OH is 1. The second-order valence-electron chi connectivity index (χ2n) is 8.40. The second-order valence-corrected chi connectivity index (χ2v) is 9.56. The Morgan fingerprint density at radius 2 is 2.07 bits per heavy atom. The molecule has 3 rings (SSSR count). The number of ether oxygens (including phenoxy) is 1. The number of phenolic OH excluding ortho intramolecular Hbond substituents is 1. The van der Waals surface area contributed by atoms with E-state index in [2.05, 4.69) is 40.8 Å². The summed E-state index contributed by atoms with van der Waals surface area (Å²) in [7, 11) is 0. The molecule has 1 aromatic carbocycles. The van der Waals surface area contributed by atoms with Gasteiger partial charge in [-0.15, -0.1) is 0 Å². The largest absolute Gasteiger partial charge is 0.507 e. The SMILES string of the molecule is C[C@@H](c1ccc(O)c(I)c1)[C@@H](O)/C=C/[C@H]1[C@@H](C/C=C\CCCC(=O)O)[C@@H]2CC[C@H]1O2. The van der Waals surface area contributed by atoms with Crippen LogP contribution < -0.4 is 0 Å². The van der Waals surface area contributed by atoms with Gasteiger partial charge in [-0.25, -0.2) is 0 Å². The topological polar surface area (TPSA) is 87.0 Å². The average molecular weight is 526 g/mol. The minimum atomic E-state index is -0.745. The van der Waals surface area contributed by atoms with Gasteiger partial charge in [0.25, 0.3) is 0 Å². The Morgan fingerprint density at radius 3 is 2.80 bits per heavy atom. The number of aliphatic hydroxyl groups is 1. The van der Waals surface area contributed by atoms with Crippen LogP contribution in [0.25, 0.3) is 0 Å². The standard InChI is InChI=1S/C24H31IO5/c1-15(16-8-10-21(27)19(25)14-16)20(26)11-9-18-17(22-12-13-23(18)30-22)6-4-2-3-5-7-24(28)29/h2,4,8-11,14-15,17-18,20,22-23,26-27H,3,5-7,12-13H2,1H3,(H,28,29)/b4-2-,11-9+/t15-,17+,18-,20-,22-,23+/m0/s1. The fourth-order valence-electron chi connectivity index (χ4n) is 4.54.